The van der Waals surface area contributed by atoms with E-state index in [0.717, 1.165) is 42.4 Å². The lowest BCUT2D eigenvalue weighted by molar-refractivity contribution is -0.218. The highest BCUT2D eigenvalue weighted by Gasteiger charge is 2.71. The molecule has 0 aromatic rings. The largest absolute Gasteiger partial charge is 0.411 e. The molecule has 1 aliphatic heterocycles. The van der Waals surface area contributed by atoms with Gasteiger partial charge in [-0.05, 0) is 115 Å². The summed E-state index contributed by atoms with van der Waals surface area (Å²) < 4.78 is 6.62. The van der Waals surface area contributed by atoms with E-state index < -0.39 is 0 Å². The summed E-state index contributed by atoms with van der Waals surface area (Å²) in [6, 6.07) is 0. The van der Waals surface area contributed by atoms with E-state index in [2.05, 4.69) is 39.8 Å². The number of nitrogens with zero attached hydrogens (tertiary/aromatic N) is 1. The topological polar surface area (TPSA) is 41.8 Å². The average Bonchev–Trinajstić information content (AvgIpc) is 3.06. The van der Waals surface area contributed by atoms with Crippen LogP contribution in [-0.4, -0.2) is 23.6 Å². The van der Waals surface area contributed by atoms with Crippen molar-refractivity contribution in [1.29, 1.82) is 0 Å². The Balaban J connectivity index is 1.37. The number of hydrogen-bond acceptors (Lipinski definition) is 3. The van der Waals surface area contributed by atoms with Crippen molar-refractivity contribution in [3.8, 4) is 0 Å². The van der Waals surface area contributed by atoms with E-state index in [-0.39, 0.29) is 0 Å². The maximum absolute atomic E-state index is 9.57. The second kappa shape index (κ2) is 6.51. The first-order valence-corrected chi connectivity index (χ1v) is 13.5. The van der Waals surface area contributed by atoms with E-state index in [4.69, 9.17) is 4.74 Å². The van der Waals surface area contributed by atoms with E-state index >= 15 is 0 Å². The van der Waals surface area contributed by atoms with Gasteiger partial charge >= 0.3 is 0 Å². The second-order valence-electron chi connectivity index (χ2n) is 13.9. The summed E-state index contributed by atoms with van der Waals surface area (Å²) >= 11 is 0. The van der Waals surface area contributed by atoms with E-state index in [9.17, 15) is 5.21 Å². The molecule has 11 atom stereocenters. The zero-order valence-corrected chi connectivity index (χ0v) is 20.6. The normalized spacial score (nSPS) is 61.8. The van der Waals surface area contributed by atoms with Gasteiger partial charge in [0, 0.05) is 5.92 Å². The van der Waals surface area contributed by atoms with Crippen molar-refractivity contribution in [1.82, 2.24) is 0 Å². The minimum Gasteiger partial charge on any atom is -0.411 e. The van der Waals surface area contributed by atoms with Gasteiger partial charge in [-0.25, -0.2) is 0 Å². The quantitative estimate of drug-likeness (QED) is 0.336. The molecule has 0 aromatic heterocycles. The van der Waals surface area contributed by atoms with Gasteiger partial charge in [-0.2, -0.15) is 0 Å². The summed E-state index contributed by atoms with van der Waals surface area (Å²) in [6.45, 7) is 13.9. The van der Waals surface area contributed by atoms with Gasteiger partial charge in [-0.3, -0.25) is 0 Å². The van der Waals surface area contributed by atoms with E-state index in [1.807, 2.05) is 0 Å². The molecule has 0 radical (unpaired) electrons. The summed E-state index contributed by atoms with van der Waals surface area (Å²) in [7, 11) is 0. The molecule has 6 fully saturated rings. The third-order valence-electron chi connectivity index (χ3n) is 13.0. The number of ether oxygens (including phenoxy) is 1. The molecule has 0 aromatic carbocycles. The molecule has 3 heteroatoms. The van der Waals surface area contributed by atoms with Crippen LogP contribution in [0, 0.1) is 57.2 Å². The Morgan fingerprint density at radius 1 is 0.839 bits per heavy atom. The maximum Gasteiger partial charge on any atom is 0.0640 e. The Hall–Kier alpha value is -0.570. The highest BCUT2D eigenvalue weighted by Crippen LogP contribution is 2.76. The molecule has 0 spiro atoms. The molecule has 6 aliphatic rings. The maximum atomic E-state index is 9.57. The SMILES string of the molecule is C[C@H]1CC[C@]23CC[C@@H]4[C@]5(C)CC[C@@H]6[C@@H](C)/C(=N\O)CC[C@]6(C)[C@@H]5CC[C@]4(C)[C@@H]2[C@@H]1OC3. The fraction of sp³-hybridized carbons (Fsp3) is 0.964. The Kier molecular flexibility index (Phi) is 4.41. The summed E-state index contributed by atoms with van der Waals surface area (Å²) in [4.78, 5) is 0. The molecule has 3 nitrogen and oxygen atoms in total. The lowest BCUT2D eigenvalue weighted by Crippen LogP contribution is -2.65. The highest BCUT2D eigenvalue weighted by atomic mass is 16.5. The second-order valence-corrected chi connectivity index (χ2v) is 13.9. The summed E-state index contributed by atoms with van der Waals surface area (Å²) in [5.41, 5.74) is 2.90. The lowest BCUT2D eigenvalue weighted by Gasteiger charge is -2.71. The zero-order chi connectivity index (χ0) is 21.8. The van der Waals surface area contributed by atoms with Crippen LogP contribution in [-0.2, 0) is 4.74 Å². The predicted molar refractivity (Wildman–Crippen MR) is 124 cm³/mol. The molecule has 1 heterocycles. The monoisotopic (exact) mass is 427 g/mol. The molecular formula is C28H45NO2. The van der Waals surface area contributed by atoms with Gasteiger partial charge in [-0.1, -0.05) is 39.8 Å². The highest BCUT2D eigenvalue weighted by molar-refractivity contribution is 5.87. The Morgan fingerprint density at radius 2 is 1.52 bits per heavy atom. The lowest BCUT2D eigenvalue weighted by atomic mass is 9.33. The third-order valence-corrected chi connectivity index (χ3v) is 13.0. The molecule has 174 valence electrons. The van der Waals surface area contributed by atoms with Crippen molar-refractivity contribution in [2.24, 2.45) is 62.3 Å². The predicted octanol–water partition coefficient (Wildman–Crippen LogP) is 6.93. The smallest absolute Gasteiger partial charge is 0.0640 e. The van der Waals surface area contributed by atoms with Crippen LogP contribution < -0.4 is 0 Å². The number of hydrogen-bond donors (Lipinski definition) is 1. The first-order valence-electron chi connectivity index (χ1n) is 13.5. The first kappa shape index (κ1) is 21.0. The van der Waals surface area contributed by atoms with Crippen LogP contribution in [0.4, 0.5) is 0 Å². The fourth-order valence-corrected chi connectivity index (χ4v) is 11.7. The Bertz CT molecular complexity index is 794. The van der Waals surface area contributed by atoms with Crippen molar-refractivity contribution in [2.45, 2.75) is 105 Å². The van der Waals surface area contributed by atoms with Gasteiger partial charge in [0.05, 0.1) is 18.4 Å². The molecule has 31 heavy (non-hydrogen) atoms. The van der Waals surface area contributed by atoms with E-state index in [1.54, 1.807) is 0 Å². The van der Waals surface area contributed by atoms with Crippen LogP contribution in [0.2, 0.25) is 0 Å². The summed E-state index contributed by atoms with van der Waals surface area (Å²) in [5.74, 6) is 4.36. The fourth-order valence-electron chi connectivity index (χ4n) is 11.7. The zero-order valence-electron chi connectivity index (χ0n) is 20.6. The molecule has 5 aliphatic carbocycles. The van der Waals surface area contributed by atoms with Gasteiger partial charge in [0.25, 0.3) is 0 Å². The first-order chi connectivity index (χ1) is 14.7. The van der Waals surface area contributed by atoms with Crippen LogP contribution in [0.25, 0.3) is 0 Å². The van der Waals surface area contributed by atoms with Crippen LogP contribution >= 0.6 is 0 Å². The van der Waals surface area contributed by atoms with E-state index in [0.29, 0.717) is 39.6 Å². The van der Waals surface area contributed by atoms with Gasteiger partial charge in [0.1, 0.15) is 0 Å². The van der Waals surface area contributed by atoms with Gasteiger partial charge < -0.3 is 9.94 Å². The van der Waals surface area contributed by atoms with Crippen molar-refractivity contribution in [3.05, 3.63) is 0 Å². The van der Waals surface area contributed by atoms with Gasteiger partial charge in [-0.15, -0.1) is 0 Å². The van der Waals surface area contributed by atoms with Crippen LogP contribution in [0.1, 0.15) is 98.8 Å². The number of oxime groups is 1. The van der Waals surface area contributed by atoms with Crippen LogP contribution in [0.15, 0.2) is 5.16 Å². The Morgan fingerprint density at radius 3 is 2.29 bits per heavy atom. The van der Waals surface area contributed by atoms with Crippen molar-refractivity contribution >= 4 is 5.71 Å². The van der Waals surface area contributed by atoms with Gasteiger partial charge in [0.2, 0.25) is 0 Å². The van der Waals surface area contributed by atoms with Crippen molar-refractivity contribution in [2.75, 3.05) is 6.61 Å². The third kappa shape index (κ3) is 2.43. The minimum atomic E-state index is 0.409. The van der Waals surface area contributed by atoms with E-state index in [1.165, 1.54) is 57.8 Å². The standard InChI is InChI=1S/C28H45NO2/c1-17-6-14-28-15-10-22-26(4)11-7-19-18(2)20(29-30)8-12-25(19,3)21(26)9-13-27(22,5)24(28)23(17)31-16-28/h17-19,21-24,30H,6-16H2,1-5H3/b29-20-/t17-,18+,19+,21-,22+,23+,24-,25-,26+,27-,28+/m0/s1. The van der Waals surface area contributed by atoms with Crippen molar-refractivity contribution < 1.29 is 9.94 Å². The molecule has 5 saturated carbocycles. The molecule has 1 N–H and O–H groups in total. The minimum absolute atomic E-state index is 0.409. The number of rotatable bonds is 0. The Labute approximate surface area is 189 Å². The van der Waals surface area contributed by atoms with Crippen LogP contribution in [0.3, 0.4) is 0 Å². The summed E-state index contributed by atoms with van der Waals surface area (Å²) in [6.07, 6.45) is 13.9. The van der Waals surface area contributed by atoms with Crippen LogP contribution in [0.5, 0.6) is 0 Å². The molecule has 6 rings (SSSR count). The molecule has 0 unspecified atom stereocenters. The molecular weight excluding hydrogens is 382 g/mol. The molecule has 1 saturated heterocycles. The molecule has 2 bridgehead atoms. The number of fused-ring (bicyclic) bond motifs is 5. The van der Waals surface area contributed by atoms with Gasteiger partial charge in [0.15, 0.2) is 0 Å². The average molecular weight is 428 g/mol. The summed E-state index contributed by atoms with van der Waals surface area (Å²) in [5, 5.41) is 13.3. The molecule has 0 amide bonds. The van der Waals surface area contributed by atoms with Crippen molar-refractivity contribution in [3.63, 3.8) is 0 Å².